The number of carbonyl (C=O) groups is 1. The monoisotopic (exact) mass is 680 g/mol. The van der Waals surface area contributed by atoms with Crippen LogP contribution in [-0.2, 0) is 19.8 Å². The van der Waals surface area contributed by atoms with Crippen molar-refractivity contribution in [3.05, 3.63) is 142 Å². The number of hydrogen-bond donors (Lipinski definition) is 1. The fourth-order valence-corrected chi connectivity index (χ4v) is 5.04. The van der Waals surface area contributed by atoms with E-state index in [1.807, 2.05) is 85.8 Å². The van der Waals surface area contributed by atoms with Gasteiger partial charge in [-0.25, -0.2) is 5.43 Å². The summed E-state index contributed by atoms with van der Waals surface area (Å²) in [6.07, 6.45) is 1.47. The van der Waals surface area contributed by atoms with Crippen molar-refractivity contribution in [2.75, 3.05) is 20.8 Å². The number of benzene rings is 5. The second kappa shape index (κ2) is 17.5. The summed E-state index contributed by atoms with van der Waals surface area (Å²) >= 11 is 6.60. The first-order chi connectivity index (χ1) is 24.0. The third-order valence-corrected chi connectivity index (χ3v) is 7.50. The molecule has 0 bridgehead atoms. The van der Waals surface area contributed by atoms with Gasteiger partial charge in [0.05, 0.1) is 32.1 Å². The molecule has 5 aromatic rings. The molecule has 1 N–H and O–H groups in total. The Morgan fingerprint density at radius 1 is 0.653 bits per heavy atom. The Morgan fingerprint density at radius 3 is 1.90 bits per heavy atom. The van der Waals surface area contributed by atoms with E-state index >= 15 is 0 Å². The highest BCUT2D eigenvalue weighted by Crippen LogP contribution is 2.37. The van der Waals surface area contributed by atoms with Gasteiger partial charge in [0.15, 0.2) is 34.5 Å². The molecule has 0 radical (unpaired) electrons. The Morgan fingerprint density at radius 2 is 1.27 bits per heavy atom. The minimum atomic E-state index is -0.420. The van der Waals surface area contributed by atoms with Gasteiger partial charge in [-0.2, -0.15) is 5.10 Å². The van der Waals surface area contributed by atoms with E-state index in [0.29, 0.717) is 70.5 Å². The van der Waals surface area contributed by atoms with Crippen LogP contribution in [0, 0.1) is 0 Å². The zero-order valence-electron chi connectivity index (χ0n) is 27.5. The van der Waals surface area contributed by atoms with E-state index in [1.165, 1.54) is 13.3 Å². The molecule has 0 saturated carbocycles. The van der Waals surface area contributed by atoms with Crippen molar-refractivity contribution < 1.29 is 33.2 Å². The maximum Gasteiger partial charge on any atom is 0.271 e. The first kappa shape index (κ1) is 34.7. The van der Waals surface area contributed by atoms with E-state index in [4.69, 9.17) is 40.0 Å². The number of hydrazone groups is 1. The zero-order chi connectivity index (χ0) is 34.4. The SMILES string of the molecule is CCOc1cc(C(=O)N/N=C/c2cc(Cl)c(OCc3ccc(OCc4ccccc4)c(OC)c3)c(OC)c2)ccc1OCc1ccccc1. The van der Waals surface area contributed by atoms with Gasteiger partial charge in [0, 0.05) is 5.56 Å². The fourth-order valence-electron chi connectivity index (χ4n) is 4.77. The van der Waals surface area contributed by atoms with Crippen LogP contribution in [0.3, 0.4) is 0 Å². The number of nitrogens with one attached hydrogen (secondary N) is 1. The number of halogens is 1. The molecule has 252 valence electrons. The van der Waals surface area contributed by atoms with Gasteiger partial charge in [-0.05, 0) is 71.6 Å². The van der Waals surface area contributed by atoms with Gasteiger partial charge < -0.3 is 28.4 Å². The van der Waals surface area contributed by atoms with Crippen molar-refractivity contribution in [1.29, 1.82) is 0 Å². The van der Waals surface area contributed by atoms with Gasteiger partial charge in [-0.15, -0.1) is 0 Å². The van der Waals surface area contributed by atoms with Crippen LogP contribution in [0.25, 0.3) is 0 Å². The maximum absolute atomic E-state index is 12.9. The van der Waals surface area contributed by atoms with Crippen LogP contribution in [0.2, 0.25) is 5.02 Å². The summed E-state index contributed by atoms with van der Waals surface area (Å²) < 4.78 is 34.8. The summed E-state index contributed by atoms with van der Waals surface area (Å²) in [5.74, 6) is 2.57. The molecule has 9 nitrogen and oxygen atoms in total. The lowest BCUT2D eigenvalue weighted by molar-refractivity contribution is 0.0954. The van der Waals surface area contributed by atoms with Crippen molar-refractivity contribution in [2.24, 2.45) is 5.10 Å². The quantitative estimate of drug-likeness (QED) is 0.0828. The van der Waals surface area contributed by atoms with E-state index in [9.17, 15) is 4.79 Å². The van der Waals surface area contributed by atoms with E-state index in [1.54, 1.807) is 37.4 Å². The first-order valence-electron chi connectivity index (χ1n) is 15.6. The smallest absolute Gasteiger partial charge is 0.271 e. The van der Waals surface area contributed by atoms with Gasteiger partial charge >= 0.3 is 0 Å². The van der Waals surface area contributed by atoms with Crippen LogP contribution in [0.1, 0.15) is 39.5 Å². The predicted octanol–water partition coefficient (Wildman–Crippen LogP) is 8.26. The van der Waals surface area contributed by atoms with Crippen molar-refractivity contribution in [3.63, 3.8) is 0 Å². The number of ether oxygens (including phenoxy) is 6. The highest BCUT2D eigenvalue weighted by molar-refractivity contribution is 6.32. The molecule has 0 saturated heterocycles. The molecule has 10 heteroatoms. The molecule has 0 aromatic heterocycles. The Kier molecular flexibility index (Phi) is 12.4. The summed E-state index contributed by atoms with van der Waals surface area (Å²) in [4.78, 5) is 12.9. The molecule has 0 spiro atoms. The van der Waals surface area contributed by atoms with Gasteiger partial charge in [-0.1, -0.05) is 78.3 Å². The number of methoxy groups -OCH3 is 2. The Balaban J connectivity index is 1.19. The number of hydrogen-bond acceptors (Lipinski definition) is 8. The van der Waals surface area contributed by atoms with Gasteiger partial charge in [0.1, 0.15) is 19.8 Å². The number of carbonyl (C=O) groups excluding carboxylic acids is 1. The maximum atomic E-state index is 12.9. The normalized spacial score (nSPS) is 10.8. The van der Waals surface area contributed by atoms with Crippen LogP contribution in [-0.4, -0.2) is 32.9 Å². The molecule has 1 amide bonds. The minimum Gasteiger partial charge on any atom is -0.493 e. The van der Waals surface area contributed by atoms with Crippen molar-refractivity contribution in [3.8, 4) is 34.5 Å². The van der Waals surface area contributed by atoms with Gasteiger partial charge in [0.2, 0.25) is 0 Å². The molecular weight excluding hydrogens is 644 g/mol. The van der Waals surface area contributed by atoms with Crippen LogP contribution in [0.4, 0.5) is 0 Å². The third kappa shape index (κ3) is 9.68. The lowest BCUT2D eigenvalue weighted by Gasteiger charge is -2.15. The van der Waals surface area contributed by atoms with Crippen LogP contribution >= 0.6 is 11.6 Å². The Hall–Kier alpha value is -5.67. The second-order valence-corrected chi connectivity index (χ2v) is 11.1. The van der Waals surface area contributed by atoms with E-state index in [2.05, 4.69) is 10.5 Å². The number of rotatable bonds is 16. The topological polar surface area (TPSA) is 96.8 Å². The molecular formula is C39H37ClN2O7. The lowest BCUT2D eigenvalue weighted by atomic mass is 10.2. The highest BCUT2D eigenvalue weighted by atomic mass is 35.5. The molecule has 0 aliphatic rings. The van der Waals surface area contributed by atoms with Gasteiger partial charge in [0.25, 0.3) is 5.91 Å². The van der Waals surface area contributed by atoms with Crippen LogP contribution < -0.4 is 33.8 Å². The molecule has 0 atom stereocenters. The number of amides is 1. The molecule has 0 unspecified atom stereocenters. The lowest BCUT2D eigenvalue weighted by Crippen LogP contribution is -2.17. The summed E-state index contributed by atoms with van der Waals surface area (Å²) in [5.41, 5.74) is 6.42. The summed E-state index contributed by atoms with van der Waals surface area (Å²) in [5, 5.41) is 4.43. The average molecular weight is 681 g/mol. The van der Waals surface area contributed by atoms with Crippen LogP contribution in [0.15, 0.2) is 114 Å². The third-order valence-electron chi connectivity index (χ3n) is 7.22. The van der Waals surface area contributed by atoms with E-state index in [0.717, 1.165) is 16.7 Å². The zero-order valence-corrected chi connectivity index (χ0v) is 28.2. The predicted molar refractivity (Wildman–Crippen MR) is 190 cm³/mol. The van der Waals surface area contributed by atoms with E-state index in [-0.39, 0.29) is 6.61 Å². The molecule has 0 aliphatic carbocycles. The largest absolute Gasteiger partial charge is 0.493 e. The summed E-state index contributed by atoms with van der Waals surface area (Å²) in [7, 11) is 3.11. The van der Waals surface area contributed by atoms with E-state index < -0.39 is 5.91 Å². The fraction of sp³-hybridized carbons (Fsp3) is 0.179. The number of nitrogens with zero attached hydrogens (tertiary/aromatic N) is 1. The Labute approximate surface area is 291 Å². The summed E-state index contributed by atoms with van der Waals surface area (Å²) in [6, 6.07) is 33.7. The standard InChI is InChI=1S/C39H37ClN2O7/c1-4-46-36-22-31(16-18-34(36)48-25-28-13-9-6-10-14-28)39(43)42-41-23-30-19-32(40)38(37(21-30)45-3)49-26-29-15-17-33(35(20-29)44-2)47-24-27-11-7-5-8-12-27/h5-23H,4,24-26H2,1-3H3,(H,42,43)/b41-23+. The molecule has 5 rings (SSSR count). The van der Waals surface area contributed by atoms with Crippen LogP contribution in [0.5, 0.6) is 34.5 Å². The first-order valence-corrected chi connectivity index (χ1v) is 16.0. The molecule has 0 aliphatic heterocycles. The highest BCUT2D eigenvalue weighted by Gasteiger charge is 2.15. The van der Waals surface area contributed by atoms with Crippen molar-refractivity contribution >= 4 is 23.7 Å². The van der Waals surface area contributed by atoms with Crippen molar-refractivity contribution in [2.45, 2.75) is 26.7 Å². The van der Waals surface area contributed by atoms with Gasteiger partial charge in [-0.3, -0.25) is 4.79 Å². The summed E-state index contributed by atoms with van der Waals surface area (Å²) in [6.45, 7) is 3.28. The molecule has 0 heterocycles. The minimum absolute atomic E-state index is 0.203. The Bertz CT molecular complexity index is 1870. The molecule has 49 heavy (non-hydrogen) atoms. The van der Waals surface area contributed by atoms with Crippen molar-refractivity contribution in [1.82, 2.24) is 5.43 Å². The molecule has 0 fully saturated rings. The second-order valence-electron chi connectivity index (χ2n) is 10.7. The molecule has 5 aromatic carbocycles. The average Bonchev–Trinajstić information content (AvgIpc) is 3.13.